The van der Waals surface area contributed by atoms with Crippen LogP contribution in [0.3, 0.4) is 0 Å². The highest BCUT2D eigenvalue weighted by Crippen LogP contribution is 2.28. The van der Waals surface area contributed by atoms with Crippen LogP contribution < -0.4 is 9.47 Å². The summed E-state index contributed by atoms with van der Waals surface area (Å²) in [6.45, 7) is 0.388. The molecule has 0 aliphatic carbocycles. The number of methoxy groups -OCH3 is 2. The number of benzene rings is 1. The largest absolute Gasteiger partial charge is 0.493 e. The van der Waals surface area contributed by atoms with Gasteiger partial charge in [-0.25, -0.2) is 0 Å². The van der Waals surface area contributed by atoms with Crippen molar-refractivity contribution in [2.24, 2.45) is 0 Å². The first kappa shape index (κ1) is 15.4. The second-order valence-electron chi connectivity index (χ2n) is 4.44. The molecule has 1 aromatic carbocycles. The van der Waals surface area contributed by atoms with Gasteiger partial charge in [-0.15, -0.1) is 0 Å². The molecule has 2 rings (SSSR count). The van der Waals surface area contributed by atoms with Gasteiger partial charge >= 0.3 is 0 Å². The van der Waals surface area contributed by atoms with E-state index >= 15 is 0 Å². The van der Waals surface area contributed by atoms with E-state index in [2.05, 4.69) is 15.9 Å². The summed E-state index contributed by atoms with van der Waals surface area (Å²) in [5.74, 6) is 1.70. The van der Waals surface area contributed by atoms with E-state index in [1.807, 2.05) is 6.07 Å². The summed E-state index contributed by atoms with van der Waals surface area (Å²) in [5, 5.41) is 0. The number of halogens is 1. The summed E-state index contributed by atoms with van der Waals surface area (Å²) in [5.41, 5.74) is 0.528. The molecule has 0 aliphatic heterocycles. The fourth-order valence-corrected chi connectivity index (χ4v) is 2.27. The molecule has 0 N–H and O–H groups in total. The molecular formula is C15H16BrNO4. The Morgan fingerprint density at radius 2 is 1.90 bits per heavy atom. The van der Waals surface area contributed by atoms with Crippen LogP contribution in [0, 0.1) is 0 Å². The lowest BCUT2D eigenvalue weighted by molar-refractivity contribution is 0.0774. The van der Waals surface area contributed by atoms with Crippen LogP contribution >= 0.6 is 15.9 Å². The van der Waals surface area contributed by atoms with Gasteiger partial charge in [-0.05, 0) is 46.3 Å². The van der Waals surface area contributed by atoms with Gasteiger partial charge in [0.1, 0.15) is 5.76 Å². The van der Waals surface area contributed by atoms with E-state index in [0.717, 1.165) is 0 Å². The van der Waals surface area contributed by atoms with Crippen LogP contribution in [-0.2, 0) is 6.54 Å². The molecule has 0 fully saturated rings. The van der Waals surface area contributed by atoms with Gasteiger partial charge in [-0.3, -0.25) is 4.79 Å². The van der Waals surface area contributed by atoms with Crippen LogP contribution in [0.1, 0.15) is 16.1 Å². The molecule has 0 saturated carbocycles. The summed E-state index contributed by atoms with van der Waals surface area (Å²) in [7, 11) is 4.81. The van der Waals surface area contributed by atoms with Gasteiger partial charge in [-0.2, -0.15) is 0 Å². The Balaban J connectivity index is 2.15. The third kappa shape index (κ3) is 3.58. The Kier molecular flexibility index (Phi) is 4.90. The zero-order chi connectivity index (χ0) is 15.4. The van der Waals surface area contributed by atoms with Crippen molar-refractivity contribution < 1.29 is 18.7 Å². The van der Waals surface area contributed by atoms with Gasteiger partial charge in [0.15, 0.2) is 16.2 Å². The van der Waals surface area contributed by atoms with Crippen LogP contribution in [0.5, 0.6) is 11.5 Å². The minimum absolute atomic E-state index is 0.122. The maximum atomic E-state index is 12.4. The lowest BCUT2D eigenvalue weighted by atomic mass is 10.1. The number of carbonyl (C=O) groups is 1. The van der Waals surface area contributed by atoms with Crippen molar-refractivity contribution in [2.75, 3.05) is 21.3 Å². The highest BCUT2D eigenvalue weighted by molar-refractivity contribution is 9.10. The van der Waals surface area contributed by atoms with Crippen LogP contribution in [0.4, 0.5) is 0 Å². The average molecular weight is 354 g/mol. The summed E-state index contributed by atoms with van der Waals surface area (Å²) in [6, 6.07) is 8.70. The van der Waals surface area contributed by atoms with E-state index in [1.54, 1.807) is 43.3 Å². The van der Waals surface area contributed by atoms with E-state index in [1.165, 1.54) is 7.11 Å². The standard InChI is InChI=1S/C15H16BrNO4/c1-17(9-11-5-7-14(16)21-11)15(18)10-4-6-12(19-2)13(8-10)20-3/h4-8H,9H2,1-3H3. The second kappa shape index (κ2) is 6.67. The molecule has 0 unspecified atom stereocenters. The molecule has 2 aromatic rings. The SMILES string of the molecule is COc1ccc(C(=O)N(C)Cc2ccc(Br)o2)cc1OC. The number of hydrogen-bond donors (Lipinski definition) is 0. The number of nitrogens with zero attached hydrogens (tertiary/aromatic N) is 1. The average Bonchev–Trinajstić information content (AvgIpc) is 2.90. The summed E-state index contributed by atoms with van der Waals surface area (Å²) >= 11 is 3.24. The van der Waals surface area contributed by atoms with Crippen molar-refractivity contribution >= 4 is 21.8 Å². The zero-order valence-corrected chi connectivity index (χ0v) is 13.6. The predicted octanol–water partition coefficient (Wildman–Crippen LogP) is 3.33. The van der Waals surface area contributed by atoms with Gasteiger partial charge in [0.05, 0.1) is 20.8 Å². The fraction of sp³-hybridized carbons (Fsp3) is 0.267. The van der Waals surface area contributed by atoms with E-state index in [-0.39, 0.29) is 5.91 Å². The van der Waals surface area contributed by atoms with Crippen LogP contribution in [-0.4, -0.2) is 32.1 Å². The molecule has 21 heavy (non-hydrogen) atoms. The molecule has 0 saturated heterocycles. The Morgan fingerprint density at radius 1 is 1.19 bits per heavy atom. The molecule has 0 radical (unpaired) electrons. The molecule has 1 heterocycles. The molecule has 0 aliphatic rings. The Morgan fingerprint density at radius 3 is 2.48 bits per heavy atom. The monoisotopic (exact) mass is 353 g/mol. The highest BCUT2D eigenvalue weighted by Gasteiger charge is 2.16. The van der Waals surface area contributed by atoms with Gasteiger partial charge in [0.25, 0.3) is 5.91 Å². The number of hydrogen-bond acceptors (Lipinski definition) is 4. The Labute approximate surface area is 131 Å². The number of amides is 1. The number of carbonyl (C=O) groups excluding carboxylic acids is 1. The smallest absolute Gasteiger partial charge is 0.254 e. The molecule has 112 valence electrons. The van der Waals surface area contributed by atoms with Crippen LogP contribution in [0.15, 0.2) is 39.4 Å². The highest BCUT2D eigenvalue weighted by atomic mass is 79.9. The van der Waals surface area contributed by atoms with Crippen molar-refractivity contribution in [3.8, 4) is 11.5 Å². The van der Waals surface area contributed by atoms with E-state index in [9.17, 15) is 4.79 Å². The van der Waals surface area contributed by atoms with Crippen molar-refractivity contribution in [3.05, 3.63) is 46.3 Å². The summed E-state index contributed by atoms with van der Waals surface area (Å²) < 4.78 is 16.4. The van der Waals surface area contributed by atoms with Gasteiger partial charge in [0.2, 0.25) is 0 Å². The van der Waals surface area contributed by atoms with Crippen molar-refractivity contribution in [3.63, 3.8) is 0 Å². The third-order valence-corrected chi connectivity index (χ3v) is 3.43. The number of furan rings is 1. The van der Waals surface area contributed by atoms with Crippen molar-refractivity contribution in [1.29, 1.82) is 0 Å². The first-order chi connectivity index (χ1) is 10.0. The topological polar surface area (TPSA) is 51.9 Å². The fourth-order valence-electron chi connectivity index (χ4n) is 1.93. The molecular weight excluding hydrogens is 338 g/mol. The Hall–Kier alpha value is -1.95. The van der Waals surface area contributed by atoms with E-state index < -0.39 is 0 Å². The van der Waals surface area contributed by atoms with Crippen LogP contribution in [0.2, 0.25) is 0 Å². The summed E-state index contributed by atoms with van der Waals surface area (Å²) in [6.07, 6.45) is 0. The van der Waals surface area contributed by atoms with Gasteiger partial charge in [0, 0.05) is 12.6 Å². The first-order valence-electron chi connectivity index (χ1n) is 6.27. The molecule has 0 spiro atoms. The number of rotatable bonds is 5. The molecule has 0 atom stereocenters. The maximum Gasteiger partial charge on any atom is 0.254 e. The van der Waals surface area contributed by atoms with Gasteiger partial charge < -0.3 is 18.8 Å². The minimum atomic E-state index is -0.122. The lowest BCUT2D eigenvalue weighted by Crippen LogP contribution is -2.26. The molecule has 1 aromatic heterocycles. The van der Waals surface area contributed by atoms with E-state index in [4.69, 9.17) is 13.9 Å². The first-order valence-corrected chi connectivity index (χ1v) is 7.06. The number of ether oxygens (including phenoxy) is 2. The van der Waals surface area contributed by atoms with Crippen molar-refractivity contribution in [1.82, 2.24) is 4.90 Å². The minimum Gasteiger partial charge on any atom is -0.493 e. The van der Waals surface area contributed by atoms with Gasteiger partial charge in [-0.1, -0.05) is 0 Å². The molecule has 5 nitrogen and oxygen atoms in total. The molecule has 0 bridgehead atoms. The van der Waals surface area contributed by atoms with E-state index in [0.29, 0.717) is 34.0 Å². The molecule has 6 heteroatoms. The zero-order valence-electron chi connectivity index (χ0n) is 12.1. The lowest BCUT2D eigenvalue weighted by Gasteiger charge is -2.17. The van der Waals surface area contributed by atoms with Crippen molar-refractivity contribution in [2.45, 2.75) is 6.54 Å². The normalized spacial score (nSPS) is 10.3. The quantitative estimate of drug-likeness (QED) is 0.827. The van der Waals surface area contributed by atoms with Crippen LogP contribution in [0.25, 0.3) is 0 Å². The molecule has 1 amide bonds. The summed E-state index contributed by atoms with van der Waals surface area (Å²) in [4.78, 5) is 14.0. The maximum absolute atomic E-state index is 12.4. The Bertz CT molecular complexity index is 638. The predicted molar refractivity (Wildman–Crippen MR) is 81.8 cm³/mol. The second-order valence-corrected chi connectivity index (χ2v) is 5.22. The third-order valence-electron chi connectivity index (χ3n) is 3.00.